The van der Waals surface area contributed by atoms with Gasteiger partial charge in [-0.25, -0.2) is 4.79 Å². The van der Waals surface area contributed by atoms with Gasteiger partial charge in [0.1, 0.15) is 22.8 Å². The Balaban J connectivity index is 2.60. The van der Waals surface area contributed by atoms with Crippen LogP contribution in [-0.2, 0) is 15.6 Å². The van der Waals surface area contributed by atoms with Crippen molar-refractivity contribution in [2.24, 2.45) is 0 Å². The second-order valence-electron chi connectivity index (χ2n) is 8.64. The van der Waals surface area contributed by atoms with Crippen LogP contribution in [0.5, 0.6) is 17.2 Å². The fourth-order valence-electron chi connectivity index (χ4n) is 3.08. The van der Waals surface area contributed by atoms with Crippen LogP contribution in [0.15, 0.2) is 36.4 Å². The van der Waals surface area contributed by atoms with Crippen molar-refractivity contribution in [3.63, 3.8) is 0 Å². The summed E-state index contributed by atoms with van der Waals surface area (Å²) in [4.78, 5) is 12.3. The van der Waals surface area contributed by atoms with E-state index in [2.05, 4.69) is 53.7 Å². The molecule has 158 valence electrons. The minimum atomic E-state index is -0.459. The standard InChI is InChI=1S/C25H34O4/c1-9-24(3,4)17-11-13-22(20(15-17)25(5,6)10-2)29-21-14-12-18(27-7)16-19(21)23(26)28-8/h11-16H,9-10H2,1-8H3. The highest BCUT2D eigenvalue weighted by Crippen LogP contribution is 2.41. The molecule has 2 aromatic rings. The topological polar surface area (TPSA) is 44.8 Å². The molecule has 0 aliphatic heterocycles. The molecule has 4 heteroatoms. The van der Waals surface area contributed by atoms with Crippen molar-refractivity contribution in [2.75, 3.05) is 14.2 Å². The Morgan fingerprint density at radius 3 is 2.03 bits per heavy atom. The van der Waals surface area contributed by atoms with Crippen LogP contribution in [0.4, 0.5) is 0 Å². The fourth-order valence-corrected chi connectivity index (χ4v) is 3.08. The summed E-state index contributed by atoms with van der Waals surface area (Å²) in [6.07, 6.45) is 2.01. The van der Waals surface area contributed by atoms with Crippen molar-refractivity contribution in [2.45, 2.75) is 65.2 Å². The zero-order chi connectivity index (χ0) is 21.8. The van der Waals surface area contributed by atoms with E-state index in [0.717, 1.165) is 24.2 Å². The number of methoxy groups -OCH3 is 2. The van der Waals surface area contributed by atoms with Crippen LogP contribution in [0.2, 0.25) is 0 Å². The van der Waals surface area contributed by atoms with Gasteiger partial charge in [-0.2, -0.15) is 0 Å². The van der Waals surface area contributed by atoms with Crippen LogP contribution in [-0.4, -0.2) is 20.2 Å². The van der Waals surface area contributed by atoms with Crippen LogP contribution >= 0.6 is 0 Å². The van der Waals surface area contributed by atoms with Crippen molar-refractivity contribution in [1.29, 1.82) is 0 Å². The largest absolute Gasteiger partial charge is 0.497 e. The van der Waals surface area contributed by atoms with Gasteiger partial charge in [0, 0.05) is 5.56 Å². The first kappa shape index (κ1) is 22.8. The number of carbonyl (C=O) groups is 1. The maximum Gasteiger partial charge on any atom is 0.341 e. The molecule has 0 spiro atoms. The molecule has 0 N–H and O–H groups in total. The second-order valence-corrected chi connectivity index (χ2v) is 8.64. The Kier molecular flexibility index (Phi) is 6.99. The van der Waals surface area contributed by atoms with E-state index in [-0.39, 0.29) is 10.8 Å². The minimum absolute atomic E-state index is 0.0763. The van der Waals surface area contributed by atoms with E-state index in [0.29, 0.717) is 17.1 Å². The first-order chi connectivity index (χ1) is 13.6. The maximum absolute atomic E-state index is 12.3. The van der Waals surface area contributed by atoms with Gasteiger partial charge in [-0.15, -0.1) is 0 Å². The third kappa shape index (κ3) is 4.92. The summed E-state index contributed by atoms with van der Waals surface area (Å²) in [7, 11) is 2.92. The van der Waals surface area contributed by atoms with E-state index in [1.165, 1.54) is 12.7 Å². The first-order valence-electron chi connectivity index (χ1n) is 10.2. The van der Waals surface area contributed by atoms with E-state index in [4.69, 9.17) is 14.2 Å². The molecule has 0 atom stereocenters. The number of ether oxygens (including phenoxy) is 3. The molecule has 0 heterocycles. The van der Waals surface area contributed by atoms with E-state index >= 15 is 0 Å². The van der Waals surface area contributed by atoms with Crippen molar-refractivity contribution >= 4 is 5.97 Å². The van der Waals surface area contributed by atoms with Gasteiger partial charge in [0.25, 0.3) is 0 Å². The molecule has 0 bridgehead atoms. The molecule has 0 aliphatic rings. The molecular weight excluding hydrogens is 364 g/mol. The summed E-state index contributed by atoms with van der Waals surface area (Å²) in [5.41, 5.74) is 2.75. The van der Waals surface area contributed by atoms with E-state index < -0.39 is 5.97 Å². The second kappa shape index (κ2) is 8.89. The van der Waals surface area contributed by atoms with Crippen molar-refractivity contribution in [1.82, 2.24) is 0 Å². The van der Waals surface area contributed by atoms with Crippen molar-refractivity contribution < 1.29 is 19.0 Å². The molecule has 0 saturated carbocycles. The third-order valence-corrected chi connectivity index (χ3v) is 6.07. The quantitative estimate of drug-likeness (QED) is 0.467. The van der Waals surface area contributed by atoms with Crippen LogP contribution in [0.1, 0.15) is 75.9 Å². The van der Waals surface area contributed by atoms with Crippen LogP contribution in [0.25, 0.3) is 0 Å². The van der Waals surface area contributed by atoms with Gasteiger partial charge in [-0.05, 0) is 53.5 Å². The van der Waals surface area contributed by atoms with E-state index in [1.54, 1.807) is 25.3 Å². The lowest BCUT2D eigenvalue weighted by atomic mass is 9.76. The normalized spacial score (nSPS) is 11.9. The molecule has 2 aromatic carbocycles. The minimum Gasteiger partial charge on any atom is -0.497 e. The third-order valence-electron chi connectivity index (χ3n) is 6.07. The molecule has 0 radical (unpaired) electrons. The van der Waals surface area contributed by atoms with Crippen LogP contribution < -0.4 is 9.47 Å². The van der Waals surface area contributed by atoms with Gasteiger partial charge in [-0.3, -0.25) is 0 Å². The van der Waals surface area contributed by atoms with Gasteiger partial charge in [0.2, 0.25) is 0 Å². The molecule has 0 unspecified atom stereocenters. The maximum atomic E-state index is 12.3. The van der Waals surface area contributed by atoms with Gasteiger partial charge in [0.05, 0.1) is 14.2 Å². The number of benzene rings is 2. The number of esters is 1. The summed E-state index contributed by atoms with van der Waals surface area (Å²) in [5.74, 6) is 1.32. The fraction of sp³-hybridized carbons (Fsp3) is 0.480. The molecular formula is C25H34O4. The van der Waals surface area contributed by atoms with Gasteiger partial charge in [0.15, 0.2) is 0 Å². The van der Waals surface area contributed by atoms with Gasteiger partial charge in [-0.1, -0.05) is 53.7 Å². The highest BCUT2D eigenvalue weighted by molar-refractivity contribution is 5.93. The Bertz CT molecular complexity index is 865. The summed E-state index contributed by atoms with van der Waals surface area (Å²) >= 11 is 0. The Morgan fingerprint density at radius 1 is 0.862 bits per heavy atom. The summed E-state index contributed by atoms with van der Waals surface area (Å²) in [6.45, 7) is 13.3. The first-order valence-corrected chi connectivity index (χ1v) is 10.2. The molecule has 0 amide bonds. The Morgan fingerprint density at radius 2 is 1.48 bits per heavy atom. The van der Waals surface area contributed by atoms with Crippen molar-refractivity contribution in [3.05, 3.63) is 53.1 Å². The summed E-state index contributed by atoms with van der Waals surface area (Å²) in [6, 6.07) is 11.6. The zero-order valence-corrected chi connectivity index (χ0v) is 19.0. The average Bonchev–Trinajstić information content (AvgIpc) is 2.73. The lowest BCUT2D eigenvalue weighted by Gasteiger charge is -2.30. The van der Waals surface area contributed by atoms with Crippen LogP contribution in [0.3, 0.4) is 0 Å². The number of carbonyl (C=O) groups excluding carboxylic acids is 1. The predicted molar refractivity (Wildman–Crippen MR) is 117 cm³/mol. The summed E-state index contributed by atoms with van der Waals surface area (Å²) in [5, 5.41) is 0. The molecule has 0 saturated heterocycles. The average molecular weight is 399 g/mol. The predicted octanol–water partition coefficient (Wildman–Crippen LogP) is 6.65. The molecule has 0 aliphatic carbocycles. The highest BCUT2D eigenvalue weighted by atomic mass is 16.5. The molecule has 2 rings (SSSR count). The molecule has 4 nitrogen and oxygen atoms in total. The molecule has 0 fully saturated rings. The van der Waals surface area contributed by atoms with E-state index in [1.807, 2.05) is 6.07 Å². The van der Waals surface area contributed by atoms with Gasteiger partial charge >= 0.3 is 5.97 Å². The van der Waals surface area contributed by atoms with E-state index in [9.17, 15) is 4.79 Å². The lowest BCUT2D eigenvalue weighted by molar-refractivity contribution is 0.0597. The Labute approximate surface area is 175 Å². The number of rotatable bonds is 8. The monoisotopic (exact) mass is 398 g/mol. The number of hydrogen-bond acceptors (Lipinski definition) is 4. The highest BCUT2D eigenvalue weighted by Gasteiger charge is 2.27. The van der Waals surface area contributed by atoms with Gasteiger partial charge < -0.3 is 14.2 Å². The lowest BCUT2D eigenvalue weighted by Crippen LogP contribution is -2.21. The molecule has 29 heavy (non-hydrogen) atoms. The van der Waals surface area contributed by atoms with Crippen LogP contribution in [0, 0.1) is 0 Å². The summed E-state index contributed by atoms with van der Waals surface area (Å²) < 4.78 is 16.5. The SMILES string of the molecule is CCC(C)(C)c1ccc(Oc2ccc(OC)cc2C(=O)OC)c(C(C)(C)CC)c1. The zero-order valence-electron chi connectivity index (χ0n) is 19.0. The Hall–Kier alpha value is -2.49. The number of hydrogen-bond donors (Lipinski definition) is 0. The smallest absolute Gasteiger partial charge is 0.341 e. The van der Waals surface area contributed by atoms with Crippen molar-refractivity contribution in [3.8, 4) is 17.2 Å². The molecule has 0 aromatic heterocycles.